The molecule has 5 nitrogen and oxygen atoms in total. The average molecular weight is 249 g/mol. The smallest absolute Gasteiger partial charge is 0.213 e. The Hall–Kier alpha value is -1.40. The number of H-pyrrole nitrogens is 1. The lowest BCUT2D eigenvalue weighted by Crippen LogP contribution is -2.04. The lowest BCUT2D eigenvalue weighted by atomic mass is 10.2. The van der Waals surface area contributed by atoms with Gasteiger partial charge in [0, 0.05) is 28.4 Å². The molecule has 0 unspecified atom stereocenters. The number of aromatic amines is 1. The first-order chi connectivity index (χ1) is 8.10. The molecule has 0 radical (unpaired) electrons. The maximum Gasteiger partial charge on any atom is 0.213 e. The zero-order chi connectivity index (χ0) is 12.4. The van der Waals surface area contributed by atoms with Gasteiger partial charge in [-0.3, -0.25) is 10.1 Å². The summed E-state index contributed by atoms with van der Waals surface area (Å²) in [5, 5.41) is 7.65. The summed E-state index contributed by atoms with van der Waals surface area (Å²) in [6.07, 6.45) is 0. The molecule has 2 heterocycles. The molecule has 0 aliphatic carbocycles. The van der Waals surface area contributed by atoms with Gasteiger partial charge in [0.25, 0.3) is 0 Å². The molecule has 2 rings (SSSR count). The molecule has 0 amide bonds. The Morgan fingerprint density at radius 2 is 2.06 bits per heavy atom. The second-order valence-electron chi connectivity index (χ2n) is 3.84. The van der Waals surface area contributed by atoms with Crippen molar-refractivity contribution in [3.8, 4) is 0 Å². The monoisotopic (exact) mass is 249 g/mol. The Morgan fingerprint density at radius 1 is 1.29 bits per heavy atom. The van der Waals surface area contributed by atoms with Crippen LogP contribution < -0.4 is 5.73 Å². The SMILES string of the molecule is Cc1cc(Sc2n[nH]c(C)n2)c(CN)c(C)n1. The van der Waals surface area contributed by atoms with Gasteiger partial charge < -0.3 is 5.73 Å². The van der Waals surface area contributed by atoms with E-state index in [2.05, 4.69) is 20.2 Å². The largest absolute Gasteiger partial charge is 0.326 e. The zero-order valence-electron chi connectivity index (χ0n) is 10.1. The van der Waals surface area contributed by atoms with Crippen LogP contribution in [0.3, 0.4) is 0 Å². The summed E-state index contributed by atoms with van der Waals surface area (Å²) in [6.45, 7) is 6.30. The number of hydrogen-bond acceptors (Lipinski definition) is 5. The number of hydrogen-bond donors (Lipinski definition) is 2. The highest BCUT2D eigenvalue weighted by Crippen LogP contribution is 2.29. The fourth-order valence-electron chi connectivity index (χ4n) is 1.62. The van der Waals surface area contributed by atoms with Crippen LogP contribution >= 0.6 is 11.8 Å². The second kappa shape index (κ2) is 4.85. The highest BCUT2D eigenvalue weighted by Gasteiger charge is 2.10. The molecule has 3 N–H and O–H groups in total. The highest BCUT2D eigenvalue weighted by molar-refractivity contribution is 7.99. The van der Waals surface area contributed by atoms with E-state index >= 15 is 0 Å². The first-order valence-electron chi connectivity index (χ1n) is 5.34. The third kappa shape index (κ3) is 2.65. The van der Waals surface area contributed by atoms with Crippen LogP contribution in [0.2, 0.25) is 0 Å². The summed E-state index contributed by atoms with van der Waals surface area (Å²) in [5.41, 5.74) is 8.77. The molecule has 0 aromatic carbocycles. The Kier molecular flexibility index (Phi) is 3.44. The van der Waals surface area contributed by atoms with Gasteiger partial charge in [-0.25, -0.2) is 4.98 Å². The van der Waals surface area contributed by atoms with Crippen LogP contribution in [0.4, 0.5) is 0 Å². The molecular weight excluding hydrogens is 234 g/mol. The van der Waals surface area contributed by atoms with Gasteiger partial charge in [0.2, 0.25) is 5.16 Å². The van der Waals surface area contributed by atoms with Crippen LogP contribution in [0.25, 0.3) is 0 Å². The van der Waals surface area contributed by atoms with Gasteiger partial charge in [-0.15, -0.1) is 5.10 Å². The predicted molar refractivity (Wildman–Crippen MR) is 66.8 cm³/mol. The van der Waals surface area contributed by atoms with Crippen molar-refractivity contribution in [1.82, 2.24) is 20.2 Å². The van der Waals surface area contributed by atoms with E-state index in [1.807, 2.05) is 26.8 Å². The van der Waals surface area contributed by atoms with E-state index in [4.69, 9.17) is 5.73 Å². The lowest BCUT2D eigenvalue weighted by molar-refractivity contribution is 0.934. The van der Waals surface area contributed by atoms with Crippen molar-refractivity contribution in [3.05, 3.63) is 28.8 Å². The average Bonchev–Trinajstić information content (AvgIpc) is 2.63. The first-order valence-corrected chi connectivity index (χ1v) is 6.16. The summed E-state index contributed by atoms with van der Waals surface area (Å²) in [7, 11) is 0. The minimum atomic E-state index is 0.477. The lowest BCUT2D eigenvalue weighted by Gasteiger charge is -2.09. The summed E-state index contributed by atoms with van der Waals surface area (Å²) < 4.78 is 0. The minimum Gasteiger partial charge on any atom is -0.326 e. The van der Waals surface area contributed by atoms with Crippen molar-refractivity contribution in [2.45, 2.75) is 37.4 Å². The standard InChI is InChI=1S/C11H15N5S/c1-6-4-10(9(5-12)7(2)13-6)17-11-14-8(3)15-16-11/h4H,5,12H2,1-3H3,(H,14,15,16). The minimum absolute atomic E-state index is 0.477. The number of aromatic nitrogens is 4. The van der Waals surface area contributed by atoms with Crippen molar-refractivity contribution in [1.29, 1.82) is 0 Å². The van der Waals surface area contributed by atoms with E-state index in [-0.39, 0.29) is 0 Å². The summed E-state index contributed by atoms with van der Waals surface area (Å²) in [6, 6.07) is 2.02. The van der Waals surface area contributed by atoms with E-state index in [1.54, 1.807) is 0 Å². The van der Waals surface area contributed by atoms with Crippen LogP contribution in [0.5, 0.6) is 0 Å². The second-order valence-corrected chi connectivity index (χ2v) is 4.84. The van der Waals surface area contributed by atoms with Gasteiger partial charge in [-0.05, 0) is 38.6 Å². The molecule has 0 fully saturated rings. The molecule has 17 heavy (non-hydrogen) atoms. The zero-order valence-corrected chi connectivity index (χ0v) is 10.9. The fraction of sp³-hybridized carbons (Fsp3) is 0.364. The van der Waals surface area contributed by atoms with Crippen LogP contribution in [-0.2, 0) is 6.54 Å². The van der Waals surface area contributed by atoms with Crippen LogP contribution in [0, 0.1) is 20.8 Å². The van der Waals surface area contributed by atoms with Crippen molar-refractivity contribution < 1.29 is 0 Å². The number of nitrogens with zero attached hydrogens (tertiary/aromatic N) is 3. The van der Waals surface area contributed by atoms with Crippen LogP contribution in [-0.4, -0.2) is 20.2 Å². The third-order valence-corrected chi connectivity index (χ3v) is 3.35. The summed E-state index contributed by atoms with van der Waals surface area (Å²) in [5.74, 6) is 0.810. The maximum atomic E-state index is 5.76. The molecule has 90 valence electrons. The molecule has 0 bridgehead atoms. The van der Waals surface area contributed by atoms with Crippen molar-refractivity contribution >= 4 is 11.8 Å². The molecular formula is C11H15N5S. The normalized spacial score (nSPS) is 10.8. The maximum absolute atomic E-state index is 5.76. The molecule has 0 aliphatic rings. The predicted octanol–water partition coefficient (Wildman–Crippen LogP) is 1.73. The van der Waals surface area contributed by atoms with E-state index in [0.29, 0.717) is 11.7 Å². The Bertz CT molecular complexity index is 535. The Balaban J connectivity index is 2.37. The van der Waals surface area contributed by atoms with Gasteiger partial charge in [0.15, 0.2) is 0 Å². The molecule has 0 aliphatic heterocycles. The quantitative estimate of drug-likeness (QED) is 0.866. The van der Waals surface area contributed by atoms with Gasteiger partial charge >= 0.3 is 0 Å². The molecule has 2 aromatic heterocycles. The van der Waals surface area contributed by atoms with Crippen molar-refractivity contribution in [2.75, 3.05) is 0 Å². The molecule has 0 atom stereocenters. The number of pyridine rings is 1. The molecule has 0 spiro atoms. The molecule has 6 heteroatoms. The first kappa shape index (κ1) is 12.1. The summed E-state index contributed by atoms with van der Waals surface area (Å²) in [4.78, 5) is 9.77. The van der Waals surface area contributed by atoms with E-state index in [1.165, 1.54) is 11.8 Å². The molecule has 0 saturated heterocycles. The fourth-order valence-corrected chi connectivity index (χ4v) is 2.68. The Labute approximate surface area is 104 Å². The van der Waals surface area contributed by atoms with Crippen molar-refractivity contribution in [2.24, 2.45) is 5.73 Å². The van der Waals surface area contributed by atoms with Gasteiger partial charge in [0.1, 0.15) is 5.82 Å². The van der Waals surface area contributed by atoms with Crippen LogP contribution in [0.15, 0.2) is 16.1 Å². The molecule has 0 saturated carbocycles. The van der Waals surface area contributed by atoms with Crippen molar-refractivity contribution in [3.63, 3.8) is 0 Å². The number of rotatable bonds is 3. The van der Waals surface area contributed by atoms with Gasteiger partial charge in [-0.2, -0.15) is 0 Å². The van der Waals surface area contributed by atoms with E-state index < -0.39 is 0 Å². The van der Waals surface area contributed by atoms with Crippen LogP contribution in [0.1, 0.15) is 22.8 Å². The van der Waals surface area contributed by atoms with E-state index in [0.717, 1.165) is 27.7 Å². The topological polar surface area (TPSA) is 80.5 Å². The van der Waals surface area contributed by atoms with E-state index in [9.17, 15) is 0 Å². The molecule has 2 aromatic rings. The van der Waals surface area contributed by atoms with Gasteiger partial charge in [-0.1, -0.05) is 0 Å². The third-order valence-electron chi connectivity index (χ3n) is 2.40. The summed E-state index contributed by atoms with van der Waals surface area (Å²) >= 11 is 1.51. The number of nitrogens with one attached hydrogen (secondary N) is 1. The number of aryl methyl sites for hydroxylation is 3. The Morgan fingerprint density at radius 3 is 2.65 bits per heavy atom. The number of nitrogens with two attached hydrogens (primary N) is 1. The highest BCUT2D eigenvalue weighted by atomic mass is 32.2. The van der Waals surface area contributed by atoms with Gasteiger partial charge in [0.05, 0.1) is 0 Å².